The molecule has 6 nitrogen and oxygen atoms in total. The zero-order valence-electron chi connectivity index (χ0n) is 20.0. The fourth-order valence-electron chi connectivity index (χ4n) is 5.15. The summed E-state index contributed by atoms with van der Waals surface area (Å²) in [4.78, 5) is 13.1. The Morgan fingerprint density at radius 1 is 1.05 bits per heavy atom. The number of aliphatic hydroxyl groups is 1. The van der Waals surface area contributed by atoms with Crippen LogP contribution in [-0.4, -0.2) is 37.5 Å². The van der Waals surface area contributed by atoms with Crippen LogP contribution in [0.15, 0.2) is 36.1 Å². The molecule has 1 amide bonds. The van der Waals surface area contributed by atoms with Crippen molar-refractivity contribution in [2.24, 2.45) is 7.05 Å². The molecule has 5 rings (SSSR count). The molecule has 11 heteroatoms. The Kier molecular flexibility index (Phi) is 6.65. The number of aromatic nitrogens is 3. The largest absolute Gasteiger partial charge is 0.391 e. The number of hydrogen-bond donors (Lipinski definition) is 2. The van der Waals surface area contributed by atoms with Gasteiger partial charge in [0.1, 0.15) is 5.83 Å². The molecule has 0 saturated heterocycles. The van der Waals surface area contributed by atoms with E-state index in [-0.39, 0.29) is 18.5 Å². The average molecular weight is 521 g/mol. The summed E-state index contributed by atoms with van der Waals surface area (Å²) in [5, 5.41) is 16.1. The number of rotatable bonds is 5. The molecule has 1 unspecified atom stereocenters. The van der Waals surface area contributed by atoms with Gasteiger partial charge >= 0.3 is 0 Å². The summed E-state index contributed by atoms with van der Waals surface area (Å²) in [6.45, 7) is -0.306. The monoisotopic (exact) mass is 520 g/mol. The number of fused-ring (bicyclic) bond motifs is 1. The Labute approximate surface area is 209 Å². The minimum atomic E-state index is -2.04. The van der Waals surface area contributed by atoms with Crippen LogP contribution in [0.1, 0.15) is 54.4 Å². The van der Waals surface area contributed by atoms with Crippen molar-refractivity contribution in [2.45, 2.75) is 57.2 Å². The van der Waals surface area contributed by atoms with Crippen molar-refractivity contribution in [1.82, 2.24) is 19.7 Å². The number of aryl methyl sites for hydroxylation is 1. The van der Waals surface area contributed by atoms with E-state index in [0.29, 0.717) is 24.8 Å². The number of nitrogens with one attached hydrogen (secondary N) is 1. The summed E-state index contributed by atoms with van der Waals surface area (Å²) in [7, 11) is 1.74. The zero-order chi connectivity index (χ0) is 26.4. The van der Waals surface area contributed by atoms with Gasteiger partial charge in [-0.2, -0.15) is 5.10 Å². The minimum Gasteiger partial charge on any atom is -0.391 e. The molecule has 37 heavy (non-hydrogen) atoms. The van der Waals surface area contributed by atoms with E-state index in [9.17, 15) is 27.5 Å². The van der Waals surface area contributed by atoms with E-state index in [2.05, 4.69) is 10.4 Å². The first kappa shape index (κ1) is 25.2. The molecule has 196 valence electrons. The third-order valence-electron chi connectivity index (χ3n) is 7.15. The van der Waals surface area contributed by atoms with Gasteiger partial charge in [0.2, 0.25) is 0 Å². The molecule has 2 atom stereocenters. The number of carbonyl (C=O) groups excluding carboxylic acids is 1. The minimum absolute atomic E-state index is 0.226. The predicted molar refractivity (Wildman–Crippen MR) is 126 cm³/mol. The van der Waals surface area contributed by atoms with Crippen LogP contribution in [0.25, 0.3) is 16.5 Å². The Morgan fingerprint density at radius 2 is 1.78 bits per heavy atom. The first-order valence-electron chi connectivity index (χ1n) is 12.1. The zero-order valence-corrected chi connectivity index (χ0v) is 20.0. The van der Waals surface area contributed by atoms with Gasteiger partial charge in [-0.1, -0.05) is 12.8 Å². The lowest BCUT2D eigenvalue weighted by molar-refractivity contribution is 0.0718. The molecular weight excluding hydrogens is 495 g/mol. The van der Waals surface area contributed by atoms with Crippen molar-refractivity contribution in [3.63, 3.8) is 0 Å². The molecule has 1 saturated carbocycles. The van der Waals surface area contributed by atoms with Gasteiger partial charge in [0, 0.05) is 31.5 Å². The molecule has 2 aliphatic carbocycles. The Morgan fingerprint density at radius 3 is 2.46 bits per heavy atom. The van der Waals surface area contributed by atoms with Crippen LogP contribution < -0.4 is 5.32 Å². The highest BCUT2D eigenvalue weighted by Gasteiger charge is 2.31. The molecule has 0 radical (unpaired) electrons. The number of allylic oxidation sites excluding steroid dienone is 4. The molecule has 3 aromatic rings. The van der Waals surface area contributed by atoms with Gasteiger partial charge in [-0.3, -0.25) is 9.48 Å². The SMILES string of the molecule is Cn1cc(C2=CC(F)=C(Cn3cc(C(=O)NC4CCCC[C@@H]4O)c4c(F)c(F)c(F)c(F)c43)CC2)cn1. The number of carbonyl (C=O) groups is 1. The number of benzene rings is 1. The normalized spacial score (nSPS) is 20.5. The standard InChI is InChI=1S/C26H25F5N4O2/c1-34-10-15(9-32-34)13-6-7-14(17(27)8-13)11-35-12-16(26(37)33-18-4-2-3-5-19(18)36)20-21(28)22(29)23(30)24(31)25(20)35/h8-10,12,18-19,36H,2-7,11H2,1H3,(H,33,37)/t18?,19-/m0/s1. The summed E-state index contributed by atoms with van der Waals surface area (Å²) >= 11 is 0. The molecular formula is C26H25F5N4O2. The van der Waals surface area contributed by atoms with Gasteiger partial charge in [0.25, 0.3) is 5.91 Å². The van der Waals surface area contributed by atoms with Crippen LogP contribution in [0, 0.1) is 23.3 Å². The molecule has 0 aliphatic heterocycles. The Bertz CT molecular complexity index is 1450. The highest BCUT2D eigenvalue weighted by molar-refractivity contribution is 6.07. The summed E-state index contributed by atoms with van der Waals surface area (Å²) in [5.41, 5.74) is 0.587. The van der Waals surface area contributed by atoms with Crippen LogP contribution in [0.2, 0.25) is 0 Å². The van der Waals surface area contributed by atoms with Gasteiger partial charge in [0.15, 0.2) is 23.3 Å². The number of aliphatic hydroxyl groups excluding tert-OH is 1. The van der Waals surface area contributed by atoms with E-state index in [1.807, 2.05) is 0 Å². The maximum Gasteiger partial charge on any atom is 0.253 e. The summed E-state index contributed by atoms with van der Waals surface area (Å²) in [6.07, 6.45) is 8.11. The highest BCUT2D eigenvalue weighted by Crippen LogP contribution is 2.35. The quantitative estimate of drug-likeness (QED) is 0.281. The lowest BCUT2D eigenvalue weighted by Crippen LogP contribution is -2.45. The third kappa shape index (κ3) is 4.56. The second-order valence-electron chi connectivity index (χ2n) is 9.61. The van der Waals surface area contributed by atoms with E-state index in [4.69, 9.17) is 0 Å². The first-order chi connectivity index (χ1) is 17.7. The molecule has 1 fully saturated rings. The van der Waals surface area contributed by atoms with Gasteiger partial charge in [-0.15, -0.1) is 0 Å². The highest BCUT2D eigenvalue weighted by atomic mass is 19.2. The fourth-order valence-corrected chi connectivity index (χ4v) is 5.15. The topological polar surface area (TPSA) is 72.1 Å². The second kappa shape index (κ2) is 9.77. The Balaban J connectivity index is 1.55. The molecule has 2 N–H and O–H groups in total. The van der Waals surface area contributed by atoms with Gasteiger partial charge in [-0.25, -0.2) is 22.0 Å². The van der Waals surface area contributed by atoms with E-state index in [0.717, 1.165) is 29.2 Å². The molecule has 0 bridgehead atoms. The molecule has 2 heterocycles. The van der Waals surface area contributed by atoms with Crippen LogP contribution >= 0.6 is 0 Å². The van der Waals surface area contributed by atoms with Crippen molar-refractivity contribution in [2.75, 3.05) is 0 Å². The van der Waals surface area contributed by atoms with Gasteiger partial charge in [-0.05, 0) is 42.9 Å². The first-order valence-corrected chi connectivity index (χ1v) is 12.1. The van der Waals surface area contributed by atoms with Crippen molar-refractivity contribution in [1.29, 1.82) is 0 Å². The fraction of sp³-hybridized carbons (Fsp3) is 0.385. The van der Waals surface area contributed by atoms with Crippen LogP contribution in [0.4, 0.5) is 22.0 Å². The third-order valence-corrected chi connectivity index (χ3v) is 7.15. The average Bonchev–Trinajstić information content (AvgIpc) is 3.48. The van der Waals surface area contributed by atoms with Crippen LogP contribution in [-0.2, 0) is 13.6 Å². The number of hydrogen-bond acceptors (Lipinski definition) is 3. The lowest BCUT2D eigenvalue weighted by atomic mass is 9.92. The lowest BCUT2D eigenvalue weighted by Gasteiger charge is -2.28. The van der Waals surface area contributed by atoms with Crippen molar-refractivity contribution in [3.8, 4) is 0 Å². The molecule has 2 aliphatic rings. The summed E-state index contributed by atoms with van der Waals surface area (Å²) in [5.74, 6) is -8.90. The molecule has 0 spiro atoms. The number of halogens is 5. The van der Waals surface area contributed by atoms with Crippen molar-refractivity contribution < 1.29 is 31.9 Å². The smallest absolute Gasteiger partial charge is 0.253 e. The number of amides is 1. The predicted octanol–water partition coefficient (Wildman–Crippen LogP) is 5.07. The van der Waals surface area contributed by atoms with Gasteiger partial charge in [0.05, 0.1) is 34.8 Å². The maximum absolute atomic E-state index is 15.1. The molecule has 2 aromatic heterocycles. The second-order valence-corrected chi connectivity index (χ2v) is 9.61. The van der Waals surface area contributed by atoms with E-state index < -0.39 is 63.6 Å². The van der Waals surface area contributed by atoms with Crippen molar-refractivity contribution in [3.05, 3.63) is 70.5 Å². The van der Waals surface area contributed by atoms with E-state index >= 15 is 4.39 Å². The van der Waals surface area contributed by atoms with Crippen LogP contribution in [0.5, 0.6) is 0 Å². The van der Waals surface area contributed by atoms with E-state index in [1.54, 1.807) is 24.1 Å². The summed E-state index contributed by atoms with van der Waals surface area (Å²) < 4.78 is 75.9. The maximum atomic E-state index is 15.1. The Hall–Kier alpha value is -3.47. The number of nitrogens with zero attached hydrogens (tertiary/aromatic N) is 3. The summed E-state index contributed by atoms with van der Waals surface area (Å²) in [6, 6.07) is -0.618. The van der Waals surface area contributed by atoms with Crippen LogP contribution in [0.3, 0.4) is 0 Å². The van der Waals surface area contributed by atoms with Crippen molar-refractivity contribution >= 4 is 22.4 Å². The van der Waals surface area contributed by atoms with Gasteiger partial charge < -0.3 is 15.0 Å². The molecule has 1 aromatic carbocycles. The van der Waals surface area contributed by atoms with E-state index in [1.165, 1.54) is 6.08 Å².